The smallest absolute Gasteiger partial charge is 0.260 e. The number of nitrogens with zero attached hydrogens (tertiary/aromatic N) is 1. The fourth-order valence-corrected chi connectivity index (χ4v) is 2.72. The van der Waals surface area contributed by atoms with Crippen LogP contribution >= 0.6 is 11.3 Å². The van der Waals surface area contributed by atoms with Crippen molar-refractivity contribution < 1.29 is 18.0 Å². The van der Waals surface area contributed by atoms with E-state index in [2.05, 4.69) is 10.3 Å². The Morgan fingerprint density at radius 2 is 1.86 bits per heavy atom. The Morgan fingerprint density at radius 3 is 2.62 bits per heavy atom. The summed E-state index contributed by atoms with van der Waals surface area (Å²) in [7, 11) is 0. The minimum absolute atomic E-state index is 0.0368. The zero-order valence-corrected chi connectivity index (χ0v) is 11.2. The first kappa shape index (κ1) is 13.6. The highest BCUT2D eigenvalue weighted by Crippen LogP contribution is 2.29. The van der Waals surface area contributed by atoms with Gasteiger partial charge in [-0.05, 0) is 18.2 Å². The first-order valence-electron chi connectivity index (χ1n) is 5.86. The van der Waals surface area contributed by atoms with E-state index in [9.17, 15) is 18.0 Å². The predicted octanol–water partition coefficient (Wildman–Crippen LogP) is 3.97. The Kier molecular flexibility index (Phi) is 3.34. The molecule has 0 spiro atoms. The third kappa shape index (κ3) is 2.59. The average Bonchev–Trinajstić information content (AvgIpc) is 2.81. The molecule has 3 rings (SSSR count). The summed E-state index contributed by atoms with van der Waals surface area (Å²) in [4.78, 5) is 15.8. The van der Waals surface area contributed by atoms with Gasteiger partial charge in [0, 0.05) is 6.07 Å². The van der Waals surface area contributed by atoms with Gasteiger partial charge in [0.25, 0.3) is 5.91 Å². The fraction of sp³-hybridized carbons (Fsp3) is 0. The van der Waals surface area contributed by atoms with Crippen LogP contribution < -0.4 is 5.32 Å². The molecule has 3 nitrogen and oxygen atoms in total. The minimum atomic E-state index is -0.812. The van der Waals surface area contributed by atoms with Gasteiger partial charge in [-0.15, -0.1) is 0 Å². The van der Waals surface area contributed by atoms with E-state index in [-0.39, 0.29) is 20.9 Å². The van der Waals surface area contributed by atoms with Crippen LogP contribution in [0, 0.1) is 17.5 Å². The molecule has 0 atom stereocenters. The molecule has 1 N–H and O–H groups in total. The number of hydrogen-bond acceptors (Lipinski definition) is 3. The molecular weight excluding hydrogens is 301 g/mol. The van der Waals surface area contributed by atoms with Crippen molar-refractivity contribution in [3.05, 3.63) is 59.4 Å². The van der Waals surface area contributed by atoms with Crippen LogP contribution in [0.1, 0.15) is 10.4 Å². The monoisotopic (exact) mass is 308 g/mol. The number of carbonyl (C=O) groups excluding carboxylic acids is 1. The van der Waals surface area contributed by atoms with Gasteiger partial charge in [-0.25, -0.2) is 18.2 Å². The largest absolute Gasteiger partial charge is 0.298 e. The van der Waals surface area contributed by atoms with E-state index >= 15 is 0 Å². The summed E-state index contributed by atoms with van der Waals surface area (Å²) < 4.78 is 40.3. The van der Waals surface area contributed by atoms with Crippen LogP contribution in [-0.4, -0.2) is 10.9 Å². The van der Waals surface area contributed by atoms with Crippen molar-refractivity contribution >= 4 is 32.6 Å². The van der Waals surface area contributed by atoms with Crippen LogP contribution in [0.4, 0.5) is 18.3 Å². The quantitative estimate of drug-likeness (QED) is 0.778. The molecule has 0 bridgehead atoms. The summed E-state index contributed by atoms with van der Waals surface area (Å²) in [6, 6.07) is 7.28. The lowest BCUT2D eigenvalue weighted by Gasteiger charge is -2.02. The molecule has 0 aliphatic carbocycles. The van der Waals surface area contributed by atoms with Gasteiger partial charge < -0.3 is 0 Å². The van der Waals surface area contributed by atoms with Gasteiger partial charge in [-0.2, -0.15) is 0 Å². The normalized spacial score (nSPS) is 10.8. The molecule has 106 valence electrons. The zero-order valence-electron chi connectivity index (χ0n) is 10.4. The number of halogens is 3. The van der Waals surface area contributed by atoms with Crippen molar-refractivity contribution in [2.75, 3.05) is 5.32 Å². The molecule has 1 heterocycles. The first-order chi connectivity index (χ1) is 10.0. The summed E-state index contributed by atoms with van der Waals surface area (Å²) in [5.41, 5.74) is -0.186. The zero-order chi connectivity index (χ0) is 15.0. The maximum Gasteiger partial charge on any atom is 0.260 e. The molecule has 0 aliphatic rings. The van der Waals surface area contributed by atoms with Gasteiger partial charge in [0.05, 0.1) is 10.3 Å². The number of hydrogen-bond donors (Lipinski definition) is 1. The molecule has 1 aromatic heterocycles. The second-order valence-corrected chi connectivity index (χ2v) is 5.22. The number of anilines is 1. The Morgan fingerprint density at radius 1 is 1.10 bits per heavy atom. The summed E-state index contributed by atoms with van der Waals surface area (Å²) in [5, 5.41) is 2.45. The maximum atomic E-state index is 13.5. The highest BCUT2D eigenvalue weighted by Gasteiger charge is 2.15. The van der Waals surface area contributed by atoms with Crippen LogP contribution in [0.15, 0.2) is 36.4 Å². The molecule has 0 unspecified atom stereocenters. The van der Waals surface area contributed by atoms with Crippen LogP contribution in [-0.2, 0) is 0 Å². The van der Waals surface area contributed by atoms with E-state index < -0.39 is 23.4 Å². The second kappa shape index (κ2) is 5.17. The molecule has 3 aromatic rings. The highest BCUT2D eigenvalue weighted by molar-refractivity contribution is 7.22. The fourth-order valence-electron chi connectivity index (χ4n) is 1.82. The van der Waals surface area contributed by atoms with Crippen molar-refractivity contribution in [2.45, 2.75) is 0 Å². The molecule has 2 aromatic carbocycles. The minimum Gasteiger partial charge on any atom is -0.298 e. The van der Waals surface area contributed by atoms with E-state index in [1.165, 1.54) is 18.2 Å². The maximum absolute atomic E-state index is 13.5. The van der Waals surface area contributed by atoms with Gasteiger partial charge >= 0.3 is 0 Å². The van der Waals surface area contributed by atoms with Gasteiger partial charge in [-0.3, -0.25) is 10.1 Å². The van der Waals surface area contributed by atoms with E-state index in [0.717, 1.165) is 23.5 Å². The molecule has 1 amide bonds. The van der Waals surface area contributed by atoms with E-state index in [4.69, 9.17) is 0 Å². The van der Waals surface area contributed by atoms with Gasteiger partial charge in [-0.1, -0.05) is 23.5 Å². The topological polar surface area (TPSA) is 42.0 Å². The number of rotatable bonds is 2. The molecule has 0 saturated heterocycles. The Labute approximate surface area is 121 Å². The predicted molar refractivity (Wildman–Crippen MR) is 73.9 cm³/mol. The Bertz CT molecular complexity index is 847. The average molecular weight is 308 g/mol. The lowest BCUT2D eigenvalue weighted by atomic mass is 10.2. The van der Waals surface area contributed by atoms with E-state index in [0.29, 0.717) is 6.07 Å². The van der Waals surface area contributed by atoms with Crippen LogP contribution in [0.3, 0.4) is 0 Å². The summed E-state index contributed by atoms with van der Waals surface area (Å²) >= 11 is 0.909. The molecule has 0 saturated carbocycles. The van der Waals surface area contributed by atoms with Crippen molar-refractivity contribution in [3.63, 3.8) is 0 Å². The molecule has 7 heteroatoms. The lowest BCUT2D eigenvalue weighted by molar-refractivity contribution is 0.102. The van der Waals surface area contributed by atoms with Gasteiger partial charge in [0.15, 0.2) is 10.9 Å². The van der Waals surface area contributed by atoms with Gasteiger partial charge in [0.2, 0.25) is 0 Å². The number of aromatic nitrogens is 1. The summed E-state index contributed by atoms with van der Waals surface area (Å²) in [6.45, 7) is 0. The number of amides is 1. The molecule has 21 heavy (non-hydrogen) atoms. The number of carbonyl (C=O) groups is 1. The Hall–Kier alpha value is -2.41. The van der Waals surface area contributed by atoms with E-state index in [1.807, 2.05) is 0 Å². The number of thiazole rings is 1. The molecule has 0 radical (unpaired) electrons. The molecule has 0 fully saturated rings. The lowest BCUT2D eigenvalue weighted by Crippen LogP contribution is -2.13. The van der Waals surface area contributed by atoms with Crippen molar-refractivity contribution in [1.29, 1.82) is 0 Å². The third-order valence-corrected chi connectivity index (χ3v) is 3.67. The first-order valence-corrected chi connectivity index (χ1v) is 6.68. The van der Waals surface area contributed by atoms with Crippen LogP contribution in [0.2, 0.25) is 0 Å². The Balaban J connectivity index is 1.94. The second-order valence-electron chi connectivity index (χ2n) is 4.19. The molecule has 0 aliphatic heterocycles. The third-order valence-electron chi connectivity index (χ3n) is 2.75. The van der Waals surface area contributed by atoms with Crippen molar-refractivity contribution in [3.8, 4) is 0 Å². The number of nitrogens with one attached hydrogen (secondary N) is 1. The van der Waals surface area contributed by atoms with Crippen molar-refractivity contribution in [2.24, 2.45) is 0 Å². The SMILES string of the molecule is O=C(Nc1nc2c(F)cc(F)cc2s1)c1ccccc1F. The van der Waals surface area contributed by atoms with Crippen molar-refractivity contribution in [1.82, 2.24) is 4.98 Å². The summed E-state index contributed by atoms with van der Waals surface area (Å²) in [5.74, 6) is -2.91. The van der Waals surface area contributed by atoms with E-state index in [1.54, 1.807) is 0 Å². The van der Waals surface area contributed by atoms with Crippen LogP contribution in [0.5, 0.6) is 0 Å². The number of fused-ring (bicyclic) bond motifs is 1. The highest BCUT2D eigenvalue weighted by atomic mass is 32.1. The standard InChI is InChI=1S/C14H7F3N2OS/c15-7-5-10(17)12-11(6-7)21-14(18-12)19-13(20)8-3-1-2-4-9(8)16/h1-6H,(H,18,19,20). The van der Waals surface area contributed by atoms with Gasteiger partial charge in [0.1, 0.15) is 17.2 Å². The molecular formula is C14H7F3N2OS. The number of benzene rings is 2. The summed E-state index contributed by atoms with van der Waals surface area (Å²) in [6.07, 6.45) is 0. The van der Waals surface area contributed by atoms with Crippen LogP contribution in [0.25, 0.3) is 10.2 Å².